The summed E-state index contributed by atoms with van der Waals surface area (Å²) >= 11 is 0. The van der Waals surface area contributed by atoms with E-state index in [1.807, 2.05) is 30.3 Å². The molecule has 0 spiro atoms. The maximum absolute atomic E-state index is 14.0. The Balaban J connectivity index is 1.24. The summed E-state index contributed by atoms with van der Waals surface area (Å²) in [7, 11) is 1.49. The largest absolute Gasteiger partial charge is 0.496 e. The second-order valence-electron chi connectivity index (χ2n) is 8.39. The molecule has 0 atom stereocenters. The van der Waals surface area contributed by atoms with Crippen molar-refractivity contribution in [3.05, 3.63) is 90.1 Å². The number of anilines is 1. The van der Waals surface area contributed by atoms with Crippen molar-refractivity contribution in [3.8, 4) is 11.5 Å². The lowest BCUT2D eigenvalue weighted by molar-refractivity contribution is 0.0531. The number of nitrogens with zero attached hydrogens (tertiary/aromatic N) is 4. The SMILES string of the molecule is COc1cc(NOc2cccc3cccnc23)ccc1C(=O)N1CCN(C(=O)c2ccncc2F)CC1. The van der Waals surface area contributed by atoms with Crippen molar-refractivity contribution >= 4 is 28.4 Å². The Labute approximate surface area is 212 Å². The molecule has 1 aliphatic heterocycles. The van der Waals surface area contributed by atoms with Gasteiger partial charge >= 0.3 is 0 Å². The Morgan fingerprint density at radius 1 is 0.892 bits per heavy atom. The molecule has 2 aromatic heterocycles. The topological polar surface area (TPSA) is 96.9 Å². The number of carbonyl (C=O) groups is 2. The average Bonchev–Trinajstić information content (AvgIpc) is 2.95. The third-order valence-corrected chi connectivity index (χ3v) is 6.16. The second kappa shape index (κ2) is 10.5. The van der Waals surface area contributed by atoms with Crippen LogP contribution in [0.15, 0.2) is 73.2 Å². The molecular formula is C27H24FN5O4. The zero-order chi connectivity index (χ0) is 25.8. The van der Waals surface area contributed by atoms with E-state index in [2.05, 4.69) is 15.4 Å². The third-order valence-electron chi connectivity index (χ3n) is 6.16. The van der Waals surface area contributed by atoms with E-state index in [4.69, 9.17) is 9.57 Å². The van der Waals surface area contributed by atoms with Gasteiger partial charge in [-0.3, -0.25) is 19.6 Å². The van der Waals surface area contributed by atoms with Crippen LogP contribution in [-0.2, 0) is 0 Å². The number of aromatic nitrogens is 2. The molecule has 1 N–H and O–H groups in total. The first kappa shape index (κ1) is 24.0. The first-order chi connectivity index (χ1) is 18.0. The number of piperazine rings is 1. The average molecular weight is 502 g/mol. The number of carbonyl (C=O) groups excluding carboxylic acids is 2. The van der Waals surface area contributed by atoms with E-state index in [0.717, 1.165) is 17.1 Å². The van der Waals surface area contributed by atoms with Crippen molar-refractivity contribution in [2.24, 2.45) is 0 Å². The number of fused-ring (bicyclic) bond motifs is 1. The first-order valence-corrected chi connectivity index (χ1v) is 11.7. The minimum Gasteiger partial charge on any atom is -0.496 e. The van der Waals surface area contributed by atoms with Crippen LogP contribution in [0.4, 0.5) is 10.1 Å². The molecule has 9 nitrogen and oxygen atoms in total. The number of ether oxygens (including phenoxy) is 1. The van der Waals surface area contributed by atoms with Crippen LogP contribution in [0.5, 0.6) is 11.5 Å². The highest BCUT2D eigenvalue weighted by Crippen LogP contribution is 2.27. The van der Waals surface area contributed by atoms with Crippen LogP contribution in [0.3, 0.4) is 0 Å². The van der Waals surface area contributed by atoms with E-state index >= 15 is 0 Å². The van der Waals surface area contributed by atoms with Crippen molar-refractivity contribution in [1.29, 1.82) is 0 Å². The molecule has 1 aliphatic rings. The molecule has 0 aliphatic carbocycles. The van der Waals surface area contributed by atoms with Crippen molar-refractivity contribution < 1.29 is 23.6 Å². The number of pyridine rings is 2. The molecule has 0 bridgehead atoms. The molecule has 10 heteroatoms. The lowest BCUT2D eigenvalue weighted by Crippen LogP contribution is -2.50. The number of benzene rings is 2. The predicted molar refractivity (Wildman–Crippen MR) is 135 cm³/mol. The van der Waals surface area contributed by atoms with Gasteiger partial charge in [0.25, 0.3) is 11.8 Å². The quantitative estimate of drug-likeness (QED) is 0.402. The van der Waals surface area contributed by atoms with Crippen LogP contribution in [0.2, 0.25) is 0 Å². The maximum atomic E-state index is 14.0. The van der Waals surface area contributed by atoms with Gasteiger partial charge in [-0.15, -0.1) is 0 Å². The van der Waals surface area contributed by atoms with Crippen molar-refractivity contribution in [2.75, 3.05) is 38.8 Å². The summed E-state index contributed by atoms with van der Waals surface area (Å²) in [6.45, 7) is 1.22. The Bertz CT molecular complexity index is 1450. The van der Waals surface area contributed by atoms with E-state index in [1.54, 1.807) is 29.3 Å². The number of nitrogens with one attached hydrogen (secondary N) is 1. The summed E-state index contributed by atoms with van der Waals surface area (Å²) < 4.78 is 19.4. The molecule has 188 valence electrons. The molecule has 0 saturated carbocycles. The summed E-state index contributed by atoms with van der Waals surface area (Å²) in [5.41, 5.74) is 4.57. The van der Waals surface area contributed by atoms with Gasteiger partial charge in [-0.2, -0.15) is 0 Å². The van der Waals surface area contributed by atoms with Crippen molar-refractivity contribution in [2.45, 2.75) is 0 Å². The summed E-state index contributed by atoms with van der Waals surface area (Å²) in [6.07, 6.45) is 4.10. The zero-order valence-electron chi connectivity index (χ0n) is 20.1. The number of hydrogen-bond acceptors (Lipinski definition) is 7. The molecule has 4 aromatic rings. The van der Waals surface area contributed by atoms with Crippen molar-refractivity contribution in [1.82, 2.24) is 19.8 Å². The fourth-order valence-corrected chi connectivity index (χ4v) is 4.21. The summed E-state index contributed by atoms with van der Waals surface area (Å²) in [4.78, 5) is 42.9. The zero-order valence-corrected chi connectivity index (χ0v) is 20.1. The normalized spacial score (nSPS) is 13.4. The van der Waals surface area contributed by atoms with Gasteiger partial charge in [0.1, 0.15) is 11.3 Å². The van der Waals surface area contributed by atoms with Gasteiger partial charge in [0.2, 0.25) is 0 Å². The van der Waals surface area contributed by atoms with Crippen LogP contribution in [0.25, 0.3) is 10.9 Å². The predicted octanol–water partition coefficient (Wildman–Crippen LogP) is 3.78. The third kappa shape index (κ3) is 4.99. The van der Waals surface area contributed by atoms with E-state index in [0.29, 0.717) is 48.9 Å². The summed E-state index contributed by atoms with van der Waals surface area (Å²) in [6, 6.07) is 15.9. The smallest absolute Gasteiger partial charge is 0.257 e. The molecule has 1 fully saturated rings. The fraction of sp³-hybridized carbons (Fsp3) is 0.185. The van der Waals surface area contributed by atoms with E-state index < -0.39 is 11.7 Å². The van der Waals surface area contributed by atoms with Crippen LogP contribution >= 0.6 is 0 Å². The Kier molecular flexibility index (Phi) is 6.80. The van der Waals surface area contributed by atoms with Gasteiger partial charge in [0.05, 0.1) is 30.1 Å². The van der Waals surface area contributed by atoms with Gasteiger partial charge < -0.3 is 19.4 Å². The number of halogens is 1. The number of methoxy groups -OCH3 is 1. The Hall–Kier alpha value is -4.73. The Morgan fingerprint density at radius 2 is 1.62 bits per heavy atom. The molecule has 0 radical (unpaired) electrons. The number of amides is 2. The number of para-hydroxylation sites is 1. The first-order valence-electron chi connectivity index (χ1n) is 11.7. The van der Waals surface area contributed by atoms with Gasteiger partial charge in [0.15, 0.2) is 11.6 Å². The minimum atomic E-state index is -0.662. The van der Waals surface area contributed by atoms with Crippen LogP contribution in [0, 0.1) is 5.82 Å². The minimum absolute atomic E-state index is 0.0268. The van der Waals surface area contributed by atoms with Gasteiger partial charge in [0, 0.05) is 50.0 Å². The number of rotatable bonds is 6. The van der Waals surface area contributed by atoms with Gasteiger partial charge in [-0.25, -0.2) is 9.87 Å². The highest BCUT2D eigenvalue weighted by atomic mass is 19.1. The lowest BCUT2D eigenvalue weighted by Gasteiger charge is -2.35. The maximum Gasteiger partial charge on any atom is 0.257 e. The highest BCUT2D eigenvalue weighted by molar-refractivity contribution is 5.98. The molecule has 0 unspecified atom stereocenters. The monoisotopic (exact) mass is 501 g/mol. The highest BCUT2D eigenvalue weighted by Gasteiger charge is 2.28. The van der Waals surface area contributed by atoms with E-state index in [9.17, 15) is 14.0 Å². The van der Waals surface area contributed by atoms with Gasteiger partial charge in [-0.1, -0.05) is 18.2 Å². The molecule has 2 amide bonds. The second-order valence-corrected chi connectivity index (χ2v) is 8.39. The molecule has 37 heavy (non-hydrogen) atoms. The molecule has 1 saturated heterocycles. The summed E-state index contributed by atoms with van der Waals surface area (Å²) in [5, 5.41) is 0.952. The molecule has 2 aromatic carbocycles. The molecule has 3 heterocycles. The van der Waals surface area contributed by atoms with Crippen LogP contribution in [0.1, 0.15) is 20.7 Å². The number of hydrogen-bond donors (Lipinski definition) is 1. The van der Waals surface area contributed by atoms with Crippen molar-refractivity contribution in [3.63, 3.8) is 0 Å². The summed E-state index contributed by atoms with van der Waals surface area (Å²) in [5.74, 6) is -0.348. The Morgan fingerprint density at radius 3 is 2.35 bits per heavy atom. The van der Waals surface area contributed by atoms with E-state index in [-0.39, 0.29) is 11.5 Å². The standard InChI is InChI=1S/C27H24FN5O4/c1-36-24-16-19(31-37-23-6-2-4-18-5-3-10-30-25(18)23)7-8-21(24)27(35)33-14-12-32(13-15-33)26(34)20-9-11-29-17-22(20)28/h2-11,16-17,31H,12-15H2,1H3. The van der Waals surface area contributed by atoms with Crippen LogP contribution in [-0.4, -0.2) is 64.9 Å². The van der Waals surface area contributed by atoms with Crippen LogP contribution < -0.4 is 15.1 Å². The van der Waals surface area contributed by atoms with E-state index in [1.165, 1.54) is 24.3 Å². The lowest BCUT2D eigenvalue weighted by atomic mass is 10.1. The molecule has 5 rings (SSSR count). The van der Waals surface area contributed by atoms with Gasteiger partial charge in [-0.05, 0) is 30.3 Å². The molecular weight excluding hydrogens is 477 g/mol. The fourth-order valence-electron chi connectivity index (χ4n) is 4.21.